The van der Waals surface area contributed by atoms with Crippen LogP contribution in [0, 0.1) is 0 Å². The number of nitrogens with two attached hydrogens (primary N) is 1. The molecule has 0 amide bonds. The Balaban J connectivity index is 0.00000162. The number of halogens is 1. The second-order valence-electron chi connectivity index (χ2n) is 3.99. The summed E-state index contributed by atoms with van der Waals surface area (Å²) in [6, 6.07) is 18.7. The van der Waals surface area contributed by atoms with E-state index in [2.05, 4.69) is 42.5 Å². The molecule has 2 aromatic rings. The molecule has 2 N–H and O–H groups in total. The first-order chi connectivity index (χ1) is 8.40. The Labute approximate surface area is 115 Å². The van der Waals surface area contributed by atoms with Gasteiger partial charge >= 0.3 is 0 Å². The van der Waals surface area contributed by atoms with Crippen molar-refractivity contribution in [3.8, 4) is 0 Å². The normalized spacial score (nSPS) is 10.3. The minimum Gasteiger partial charge on any atom is -0.326 e. The molecule has 0 radical (unpaired) electrons. The van der Waals surface area contributed by atoms with Gasteiger partial charge in [-0.2, -0.15) is 0 Å². The number of hydrogen-bond donors (Lipinski definition) is 1. The quantitative estimate of drug-likeness (QED) is 0.888. The van der Waals surface area contributed by atoms with Crippen molar-refractivity contribution in [3.05, 3.63) is 77.4 Å². The Morgan fingerprint density at radius 1 is 0.833 bits per heavy atom. The van der Waals surface area contributed by atoms with Gasteiger partial charge in [-0.3, -0.25) is 0 Å². The summed E-state index contributed by atoms with van der Waals surface area (Å²) in [7, 11) is 0. The molecule has 0 atom stereocenters. The Bertz CT molecular complexity index is 491. The van der Waals surface area contributed by atoms with Crippen LogP contribution in [0.3, 0.4) is 0 Å². The summed E-state index contributed by atoms with van der Waals surface area (Å²) in [5, 5.41) is 0. The minimum absolute atomic E-state index is 0. The van der Waals surface area contributed by atoms with Crippen molar-refractivity contribution in [2.45, 2.75) is 13.0 Å². The zero-order valence-corrected chi connectivity index (χ0v) is 11.1. The van der Waals surface area contributed by atoms with Crippen molar-refractivity contribution in [2.24, 2.45) is 5.73 Å². The van der Waals surface area contributed by atoms with Gasteiger partial charge in [0.2, 0.25) is 0 Å². The second kappa shape index (κ2) is 7.70. The summed E-state index contributed by atoms with van der Waals surface area (Å²) in [6.07, 6.45) is 5.26. The fourth-order valence-corrected chi connectivity index (χ4v) is 1.84. The van der Waals surface area contributed by atoms with Gasteiger partial charge in [0.15, 0.2) is 0 Å². The largest absolute Gasteiger partial charge is 0.326 e. The van der Waals surface area contributed by atoms with E-state index in [-0.39, 0.29) is 12.4 Å². The Kier molecular flexibility index (Phi) is 6.20. The van der Waals surface area contributed by atoms with Crippen LogP contribution in [0.25, 0.3) is 6.08 Å². The smallest absolute Gasteiger partial charge is 0.0180 e. The molecule has 0 spiro atoms. The van der Waals surface area contributed by atoms with Gasteiger partial charge in [-0.1, -0.05) is 66.7 Å². The summed E-state index contributed by atoms with van der Waals surface area (Å²) in [4.78, 5) is 0. The summed E-state index contributed by atoms with van der Waals surface area (Å²) in [5.74, 6) is 0. The third kappa shape index (κ3) is 4.02. The average Bonchev–Trinajstić information content (AvgIpc) is 2.40. The molecule has 1 nitrogen and oxygen atoms in total. The average molecular weight is 260 g/mol. The maximum absolute atomic E-state index is 5.71. The molecule has 0 aliphatic heterocycles. The van der Waals surface area contributed by atoms with Gasteiger partial charge in [-0.05, 0) is 23.1 Å². The topological polar surface area (TPSA) is 26.0 Å². The van der Waals surface area contributed by atoms with Crippen molar-refractivity contribution in [1.82, 2.24) is 0 Å². The van der Waals surface area contributed by atoms with Crippen LogP contribution in [0.4, 0.5) is 0 Å². The monoisotopic (exact) mass is 259 g/mol. The molecule has 0 heterocycles. The third-order valence-electron chi connectivity index (χ3n) is 2.79. The first-order valence-corrected chi connectivity index (χ1v) is 5.88. The zero-order valence-electron chi connectivity index (χ0n) is 10.3. The second-order valence-corrected chi connectivity index (χ2v) is 3.99. The molecule has 0 saturated heterocycles. The number of rotatable bonds is 4. The van der Waals surface area contributed by atoms with Gasteiger partial charge in [0.1, 0.15) is 0 Å². The van der Waals surface area contributed by atoms with E-state index in [0.29, 0.717) is 6.54 Å². The van der Waals surface area contributed by atoms with Crippen LogP contribution in [-0.4, -0.2) is 0 Å². The van der Waals surface area contributed by atoms with E-state index in [1.165, 1.54) is 16.7 Å². The van der Waals surface area contributed by atoms with Gasteiger partial charge in [0.05, 0.1) is 0 Å². The molecule has 0 aliphatic rings. The molecular formula is C16H18ClN. The molecule has 18 heavy (non-hydrogen) atoms. The zero-order chi connectivity index (χ0) is 11.9. The summed E-state index contributed by atoms with van der Waals surface area (Å²) < 4.78 is 0. The van der Waals surface area contributed by atoms with Crippen molar-refractivity contribution in [1.29, 1.82) is 0 Å². The lowest BCUT2D eigenvalue weighted by Gasteiger charge is -2.04. The minimum atomic E-state index is 0. The van der Waals surface area contributed by atoms with E-state index in [9.17, 15) is 0 Å². The Morgan fingerprint density at radius 2 is 1.44 bits per heavy atom. The van der Waals surface area contributed by atoms with Crippen LogP contribution in [0.2, 0.25) is 0 Å². The summed E-state index contributed by atoms with van der Waals surface area (Å²) in [6.45, 7) is 0.606. The molecular weight excluding hydrogens is 242 g/mol. The highest BCUT2D eigenvalue weighted by molar-refractivity contribution is 5.85. The molecule has 0 fully saturated rings. The summed E-state index contributed by atoms with van der Waals surface area (Å²) >= 11 is 0. The highest BCUT2D eigenvalue weighted by Crippen LogP contribution is 2.10. The van der Waals surface area contributed by atoms with Crippen molar-refractivity contribution < 1.29 is 0 Å². The van der Waals surface area contributed by atoms with Crippen LogP contribution in [0.15, 0.2) is 60.7 Å². The first kappa shape index (κ1) is 14.5. The predicted octanol–water partition coefficient (Wildman–Crippen LogP) is 3.82. The third-order valence-corrected chi connectivity index (χ3v) is 2.79. The molecule has 0 aliphatic carbocycles. The molecule has 2 rings (SSSR count). The standard InChI is InChI=1S/C16H17N.ClH/c17-13-16-11-5-4-10-15(16)12-6-9-14-7-2-1-3-8-14;/h1-11H,12-13,17H2;1H/b9-6+;. The maximum Gasteiger partial charge on any atom is 0.0180 e. The fraction of sp³-hybridized carbons (Fsp3) is 0.125. The van der Waals surface area contributed by atoms with E-state index >= 15 is 0 Å². The van der Waals surface area contributed by atoms with Crippen LogP contribution in [0.5, 0.6) is 0 Å². The van der Waals surface area contributed by atoms with Crippen molar-refractivity contribution in [2.75, 3.05) is 0 Å². The lowest BCUT2D eigenvalue weighted by atomic mass is 10.0. The Hall–Kier alpha value is -1.57. The van der Waals surface area contributed by atoms with E-state index in [4.69, 9.17) is 5.73 Å². The van der Waals surface area contributed by atoms with E-state index in [0.717, 1.165) is 6.42 Å². The van der Waals surface area contributed by atoms with Crippen LogP contribution < -0.4 is 5.73 Å². The van der Waals surface area contributed by atoms with Gasteiger partial charge in [0.25, 0.3) is 0 Å². The lowest BCUT2D eigenvalue weighted by molar-refractivity contribution is 1.03. The number of hydrogen-bond acceptors (Lipinski definition) is 1. The maximum atomic E-state index is 5.71. The molecule has 0 aromatic heterocycles. The fourth-order valence-electron chi connectivity index (χ4n) is 1.84. The van der Waals surface area contributed by atoms with Gasteiger partial charge < -0.3 is 5.73 Å². The first-order valence-electron chi connectivity index (χ1n) is 5.88. The number of allylic oxidation sites excluding steroid dienone is 1. The molecule has 0 saturated carbocycles. The highest BCUT2D eigenvalue weighted by atomic mass is 35.5. The summed E-state index contributed by atoms with van der Waals surface area (Å²) in [5.41, 5.74) is 9.48. The molecule has 0 bridgehead atoms. The Morgan fingerprint density at radius 3 is 2.11 bits per heavy atom. The number of benzene rings is 2. The van der Waals surface area contributed by atoms with Gasteiger partial charge in [-0.15, -0.1) is 12.4 Å². The van der Waals surface area contributed by atoms with E-state index in [1.807, 2.05) is 24.3 Å². The van der Waals surface area contributed by atoms with Crippen LogP contribution in [0.1, 0.15) is 16.7 Å². The lowest BCUT2D eigenvalue weighted by Crippen LogP contribution is -2.00. The SMILES string of the molecule is Cl.NCc1ccccc1C/C=C/c1ccccc1. The molecule has 2 heteroatoms. The van der Waals surface area contributed by atoms with Crippen LogP contribution >= 0.6 is 12.4 Å². The predicted molar refractivity (Wildman–Crippen MR) is 80.8 cm³/mol. The van der Waals surface area contributed by atoms with Crippen LogP contribution in [-0.2, 0) is 13.0 Å². The molecule has 94 valence electrons. The molecule has 0 unspecified atom stereocenters. The van der Waals surface area contributed by atoms with Gasteiger partial charge in [0, 0.05) is 6.54 Å². The van der Waals surface area contributed by atoms with Crippen molar-refractivity contribution in [3.63, 3.8) is 0 Å². The van der Waals surface area contributed by atoms with Gasteiger partial charge in [-0.25, -0.2) is 0 Å². The van der Waals surface area contributed by atoms with E-state index in [1.54, 1.807) is 0 Å². The van der Waals surface area contributed by atoms with Crippen molar-refractivity contribution >= 4 is 18.5 Å². The molecule has 2 aromatic carbocycles. The highest BCUT2D eigenvalue weighted by Gasteiger charge is 1.96. The van der Waals surface area contributed by atoms with E-state index < -0.39 is 0 Å².